The van der Waals surface area contributed by atoms with Crippen LogP contribution < -0.4 is 5.73 Å². The molecule has 0 aliphatic carbocycles. The Kier molecular flexibility index (Phi) is 9.29. The minimum atomic E-state index is 0. The van der Waals surface area contributed by atoms with E-state index >= 15 is 0 Å². The molecule has 0 spiro atoms. The number of aromatic nitrogens is 2. The first-order valence-corrected chi connectivity index (χ1v) is 4.01. The van der Waals surface area contributed by atoms with E-state index in [4.69, 9.17) is 10.5 Å². The molecule has 0 fully saturated rings. The molecule has 14 heavy (non-hydrogen) atoms. The monoisotopic (exact) mass is 241 g/mol. The van der Waals surface area contributed by atoms with Crippen LogP contribution >= 0.6 is 24.8 Å². The van der Waals surface area contributed by atoms with Crippen molar-refractivity contribution >= 4 is 24.8 Å². The van der Waals surface area contributed by atoms with Crippen LogP contribution in [0.2, 0.25) is 0 Å². The number of nitrogens with zero attached hydrogens (tertiary/aromatic N) is 2. The summed E-state index contributed by atoms with van der Waals surface area (Å²) in [4.78, 5) is 0. The third-order valence-electron chi connectivity index (χ3n) is 1.61. The predicted octanol–water partition coefficient (Wildman–Crippen LogP) is 1.05. The second-order valence-electron chi connectivity index (χ2n) is 2.74. The van der Waals surface area contributed by atoms with Gasteiger partial charge in [0.15, 0.2) is 0 Å². The summed E-state index contributed by atoms with van der Waals surface area (Å²) in [5, 5.41) is 4.20. The van der Waals surface area contributed by atoms with Gasteiger partial charge in [-0.05, 0) is 13.0 Å². The van der Waals surface area contributed by atoms with E-state index in [0.717, 1.165) is 11.4 Å². The van der Waals surface area contributed by atoms with E-state index < -0.39 is 0 Å². The number of halogens is 2. The lowest BCUT2D eigenvalue weighted by atomic mass is 10.4. The van der Waals surface area contributed by atoms with Crippen LogP contribution in [0.5, 0.6) is 0 Å². The summed E-state index contributed by atoms with van der Waals surface area (Å²) in [7, 11) is 1.91. The smallest absolute Gasteiger partial charge is 0.0885 e. The zero-order valence-corrected chi connectivity index (χ0v) is 10.0. The van der Waals surface area contributed by atoms with Crippen LogP contribution in [0.4, 0.5) is 0 Å². The average Bonchev–Trinajstić information content (AvgIpc) is 2.31. The molecule has 0 saturated heterocycles. The fraction of sp³-hybridized carbons (Fsp3) is 0.625. The number of aryl methyl sites for hydroxylation is 2. The lowest BCUT2D eigenvalue weighted by Crippen LogP contribution is -2.09. The van der Waals surface area contributed by atoms with Gasteiger partial charge in [0.1, 0.15) is 0 Å². The summed E-state index contributed by atoms with van der Waals surface area (Å²) in [6, 6.07) is 2.01. The first kappa shape index (κ1) is 16.2. The van der Waals surface area contributed by atoms with Crippen molar-refractivity contribution in [2.24, 2.45) is 12.8 Å². The van der Waals surface area contributed by atoms with Gasteiger partial charge in [0.25, 0.3) is 0 Å². The Bertz CT molecular complexity index is 253. The zero-order valence-electron chi connectivity index (χ0n) is 8.40. The number of hydrogen-bond acceptors (Lipinski definition) is 3. The molecule has 1 rings (SSSR count). The van der Waals surface area contributed by atoms with E-state index in [1.807, 2.05) is 24.7 Å². The second kappa shape index (κ2) is 8.05. The summed E-state index contributed by atoms with van der Waals surface area (Å²) in [6.45, 7) is 3.72. The molecule has 0 aliphatic rings. The van der Waals surface area contributed by atoms with Crippen molar-refractivity contribution < 1.29 is 4.74 Å². The van der Waals surface area contributed by atoms with Gasteiger partial charge in [-0.2, -0.15) is 5.10 Å². The van der Waals surface area contributed by atoms with Gasteiger partial charge >= 0.3 is 0 Å². The van der Waals surface area contributed by atoms with Crippen molar-refractivity contribution in [3.05, 3.63) is 17.5 Å². The highest BCUT2D eigenvalue weighted by Crippen LogP contribution is 2.02. The summed E-state index contributed by atoms with van der Waals surface area (Å²) in [5.41, 5.74) is 7.39. The summed E-state index contributed by atoms with van der Waals surface area (Å²) in [5.74, 6) is 0. The molecule has 1 heterocycles. The molecule has 2 N–H and O–H groups in total. The van der Waals surface area contributed by atoms with Gasteiger partial charge in [-0.25, -0.2) is 0 Å². The average molecular weight is 242 g/mol. The quantitative estimate of drug-likeness (QED) is 0.803. The number of nitrogens with two attached hydrogens (primary N) is 1. The lowest BCUT2D eigenvalue weighted by molar-refractivity contribution is 0.123. The van der Waals surface area contributed by atoms with Crippen LogP contribution in [0, 0.1) is 6.92 Å². The van der Waals surface area contributed by atoms with Gasteiger partial charge in [0.05, 0.1) is 24.6 Å². The summed E-state index contributed by atoms with van der Waals surface area (Å²) in [6.07, 6.45) is 0. The van der Waals surface area contributed by atoms with Crippen LogP contribution in [0.3, 0.4) is 0 Å². The molecule has 0 aliphatic heterocycles. The van der Waals surface area contributed by atoms with Crippen molar-refractivity contribution in [1.82, 2.24) is 9.78 Å². The fourth-order valence-corrected chi connectivity index (χ4v) is 1.06. The van der Waals surface area contributed by atoms with Crippen LogP contribution in [-0.2, 0) is 18.4 Å². The van der Waals surface area contributed by atoms with Crippen molar-refractivity contribution in [2.45, 2.75) is 13.5 Å². The highest BCUT2D eigenvalue weighted by Gasteiger charge is 2.00. The van der Waals surface area contributed by atoms with Crippen molar-refractivity contribution in [1.29, 1.82) is 0 Å². The van der Waals surface area contributed by atoms with E-state index in [9.17, 15) is 0 Å². The Labute approximate surface area is 96.6 Å². The lowest BCUT2D eigenvalue weighted by Gasteiger charge is -2.01. The van der Waals surface area contributed by atoms with E-state index in [2.05, 4.69) is 5.10 Å². The molecule has 0 bridgehead atoms. The molecule has 0 atom stereocenters. The molecular formula is C8H17Cl2N3O. The van der Waals surface area contributed by atoms with Crippen LogP contribution in [0.1, 0.15) is 11.4 Å². The van der Waals surface area contributed by atoms with Gasteiger partial charge in [-0.1, -0.05) is 0 Å². The molecule has 0 radical (unpaired) electrons. The van der Waals surface area contributed by atoms with Gasteiger partial charge < -0.3 is 10.5 Å². The Morgan fingerprint density at radius 3 is 2.57 bits per heavy atom. The summed E-state index contributed by atoms with van der Waals surface area (Å²) < 4.78 is 7.10. The maximum atomic E-state index is 5.29. The van der Waals surface area contributed by atoms with Gasteiger partial charge in [-0.3, -0.25) is 4.68 Å². The first-order valence-electron chi connectivity index (χ1n) is 4.01. The zero-order chi connectivity index (χ0) is 8.97. The molecule has 0 unspecified atom stereocenters. The third-order valence-corrected chi connectivity index (χ3v) is 1.61. The first-order chi connectivity index (χ1) is 5.74. The largest absolute Gasteiger partial charge is 0.374 e. The topological polar surface area (TPSA) is 53.1 Å². The number of hydrogen-bond donors (Lipinski definition) is 1. The SMILES string of the molecule is Cc1cc(COCCN)n(C)n1.Cl.Cl. The van der Waals surface area contributed by atoms with Crippen molar-refractivity contribution in [3.8, 4) is 0 Å². The number of ether oxygens (including phenoxy) is 1. The fourth-order valence-electron chi connectivity index (χ4n) is 1.06. The van der Waals surface area contributed by atoms with E-state index in [-0.39, 0.29) is 24.8 Å². The Morgan fingerprint density at radius 1 is 1.50 bits per heavy atom. The molecule has 0 aromatic carbocycles. The molecule has 84 valence electrons. The third kappa shape index (κ3) is 4.81. The van der Waals surface area contributed by atoms with E-state index in [0.29, 0.717) is 19.8 Å². The molecule has 0 amide bonds. The highest BCUT2D eigenvalue weighted by molar-refractivity contribution is 5.85. The standard InChI is InChI=1S/C8H15N3O.2ClH/c1-7-5-8(11(2)10-7)6-12-4-3-9;;/h5H,3-4,6,9H2,1-2H3;2*1H. The maximum absolute atomic E-state index is 5.29. The number of rotatable bonds is 4. The van der Waals surface area contributed by atoms with Crippen LogP contribution in [-0.4, -0.2) is 22.9 Å². The molecular weight excluding hydrogens is 225 g/mol. The Hall–Kier alpha value is -0.290. The molecule has 6 heteroatoms. The Balaban J connectivity index is 0. The summed E-state index contributed by atoms with van der Waals surface area (Å²) >= 11 is 0. The van der Waals surface area contributed by atoms with Gasteiger partial charge in [0, 0.05) is 13.6 Å². The molecule has 1 aromatic rings. The highest BCUT2D eigenvalue weighted by atomic mass is 35.5. The second-order valence-corrected chi connectivity index (χ2v) is 2.74. The van der Waals surface area contributed by atoms with E-state index in [1.165, 1.54) is 0 Å². The normalized spacial score (nSPS) is 9.07. The van der Waals surface area contributed by atoms with Crippen LogP contribution in [0.25, 0.3) is 0 Å². The van der Waals surface area contributed by atoms with E-state index in [1.54, 1.807) is 0 Å². The van der Waals surface area contributed by atoms with Crippen molar-refractivity contribution in [2.75, 3.05) is 13.2 Å². The maximum Gasteiger partial charge on any atom is 0.0885 e. The Morgan fingerprint density at radius 2 is 2.14 bits per heavy atom. The molecule has 1 aromatic heterocycles. The molecule has 4 nitrogen and oxygen atoms in total. The minimum absolute atomic E-state index is 0. The minimum Gasteiger partial charge on any atom is -0.374 e. The van der Waals surface area contributed by atoms with Gasteiger partial charge in [0.2, 0.25) is 0 Å². The molecule has 0 saturated carbocycles. The van der Waals surface area contributed by atoms with Gasteiger partial charge in [-0.15, -0.1) is 24.8 Å². The predicted molar refractivity (Wildman–Crippen MR) is 61.2 cm³/mol. The van der Waals surface area contributed by atoms with Crippen molar-refractivity contribution in [3.63, 3.8) is 0 Å². The van der Waals surface area contributed by atoms with Crippen LogP contribution in [0.15, 0.2) is 6.07 Å².